The molecule has 16 heavy (non-hydrogen) atoms. The number of hydrogen-bond acceptors (Lipinski definition) is 3. The number of rotatable bonds is 2. The highest BCUT2D eigenvalue weighted by atomic mass is 127. The molecule has 0 radical (unpaired) electrons. The number of nitrogen functional groups attached to an aromatic ring is 1. The molecule has 5 heteroatoms. The number of halogens is 2. The van der Waals surface area contributed by atoms with E-state index in [0.717, 1.165) is 0 Å². The van der Waals surface area contributed by atoms with Crippen LogP contribution in [0.3, 0.4) is 0 Å². The number of pyridine rings is 1. The van der Waals surface area contributed by atoms with E-state index in [1.54, 1.807) is 18.3 Å². The molecule has 0 aliphatic carbocycles. The summed E-state index contributed by atoms with van der Waals surface area (Å²) in [6.45, 7) is 0. The van der Waals surface area contributed by atoms with E-state index in [-0.39, 0.29) is 5.82 Å². The van der Waals surface area contributed by atoms with E-state index in [9.17, 15) is 4.39 Å². The van der Waals surface area contributed by atoms with E-state index in [1.807, 2.05) is 22.6 Å². The first-order valence-electron chi connectivity index (χ1n) is 4.49. The highest BCUT2D eigenvalue weighted by Gasteiger charge is 2.07. The maximum Gasteiger partial charge on any atom is 0.153 e. The van der Waals surface area contributed by atoms with Crippen LogP contribution in [0.1, 0.15) is 0 Å². The van der Waals surface area contributed by atoms with Crippen molar-refractivity contribution in [1.29, 1.82) is 0 Å². The first-order valence-corrected chi connectivity index (χ1v) is 5.57. The zero-order valence-electron chi connectivity index (χ0n) is 8.15. The normalized spacial score (nSPS) is 10.1. The molecule has 0 spiro atoms. The highest BCUT2D eigenvalue weighted by molar-refractivity contribution is 14.1. The molecule has 1 aromatic carbocycles. The Morgan fingerprint density at radius 1 is 1.38 bits per heavy atom. The Hall–Kier alpha value is -1.37. The van der Waals surface area contributed by atoms with Crippen molar-refractivity contribution in [2.75, 3.05) is 5.73 Å². The van der Waals surface area contributed by atoms with E-state index < -0.39 is 0 Å². The van der Waals surface area contributed by atoms with Gasteiger partial charge < -0.3 is 10.5 Å². The van der Waals surface area contributed by atoms with E-state index in [4.69, 9.17) is 10.5 Å². The van der Waals surface area contributed by atoms with Crippen LogP contribution in [0.2, 0.25) is 0 Å². The van der Waals surface area contributed by atoms with E-state index in [1.165, 1.54) is 18.3 Å². The van der Waals surface area contributed by atoms with Crippen molar-refractivity contribution in [3.05, 3.63) is 46.0 Å². The maximum absolute atomic E-state index is 13.3. The van der Waals surface area contributed by atoms with Gasteiger partial charge in [0, 0.05) is 12.3 Å². The summed E-state index contributed by atoms with van der Waals surface area (Å²) in [6.07, 6.45) is 3.17. The molecule has 1 heterocycles. The van der Waals surface area contributed by atoms with Gasteiger partial charge in [-0.05, 0) is 40.8 Å². The van der Waals surface area contributed by atoms with Gasteiger partial charge in [0.25, 0.3) is 0 Å². The van der Waals surface area contributed by atoms with Crippen LogP contribution in [0.15, 0.2) is 36.7 Å². The molecule has 0 saturated carbocycles. The number of nitrogens with zero attached hydrogens (tertiary/aromatic N) is 1. The predicted molar refractivity (Wildman–Crippen MR) is 67.8 cm³/mol. The molecule has 0 unspecified atom stereocenters. The summed E-state index contributed by atoms with van der Waals surface area (Å²) in [5.74, 6) is 0.467. The van der Waals surface area contributed by atoms with Gasteiger partial charge >= 0.3 is 0 Å². The summed E-state index contributed by atoms with van der Waals surface area (Å²) < 4.78 is 19.2. The molecule has 2 rings (SSSR count). The van der Waals surface area contributed by atoms with E-state index in [0.29, 0.717) is 20.8 Å². The van der Waals surface area contributed by atoms with Crippen molar-refractivity contribution < 1.29 is 9.13 Å². The molecule has 0 aliphatic rings. The molecule has 0 aliphatic heterocycles. The zero-order chi connectivity index (χ0) is 11.5. The molecular formula is C11H8FIN2O. The largest absolute Gasteiger partial charge is 0.453 e. The van der Waals surface area contributed by atoms with Crippen LogP contribution in [-0.4, -0.2) is 4.98 Å². The lowest BCUT2D eigenvalue weighted by Gasteiger charge is -2.08. The van der Waals surface area contributed by atoms with Crippen molar-refractivity contribution in [2.45, 2.75) is 0 Å². The minimum Gasteiger partial charge on any atom is -0.453 e. The van der Waals surface area contributed by atoms with Crippen molar-refractivity contribution >= 4 is 28.3 Å². The van der Waals surface area contributed by atoms with Crippen LogP contribution < -0.4 is 10.5 Å². The van der Waals surface area contributed by atoms with E-state index in [2.05, 4.69) is 4.98 Å². The zero-order valence-corrected chi connectivity index (χ0v) is 10.3. The highest BCUT2D eigenvalue weighted by Crippen LogP contribution is 2.29. The Kier molecular flexibility index (Phi) is 3.23. The summed E-state index contributed by atoms with van der Waals surface area (Å²) in [4.78, 5) is 3.89. The fourth-order valence-corrected chi connectivity index (χ4v) is 1.66. The molecule has 3 nitrogen and oxygen atoms in total. The molecule has 0 saturated heterocycles. The summed E-state index contributed by atoms with van der Waals surface area (Å²) in [6, 6.07) is 6.25. The smallest absolute Gasteiger partial charge is 0.153 e. The lowest BCUT2D eigenvalue weighted by molar-refractivity contribution is 0.476. The number of hydrogen-bond donors (Lipinski definition) is 1. The minimum atomic E-state index is -0.353. The van der Waals surface area contributed by atoms with Gasteiger partial charge in [-0.3, -0.25) is 4.98 Å². The van der Waals surface area contributed by atoms with Crippen molar-refractivity contribution in [2.24, 2.45) is 0 Å². The van der Waals surface area contributed by atoms with Crippen LogP contribution in [0.5, 0.6) is 11.5 Å². The molecule has 0 amide bonds. The summed E-state index contributed by atoms with van der Waals surface area (Å²) >= 11 is 1.87. The van der Waals surface area contributed by atoms with Crippen molar-refractivity contribution in [3.8, 4) is 11.5 Å². The molecule has 82 valence electrons. The van der Waals surface area contributed by atoms with Gasteiger partial charge in [-0.15, -0.1) is 0 Å². The van der Waals surface area contributed by atoms with Crippen LogP contribution in [-0.2, 0) is 0 Å². The van der Waals surface area contributed by atoms with Crippen LogP contribution >= 0.6 is 22.6 Å². The molecule has 1 aromatic heterocycles. The average Bonchev–Trinajstić information content (AvgIpc) is 2.27. The second-order valence-corrected chi connectivity index (χ2v) is 4.26. The average molecular weight is 330 g/mol. The third-order valence-electron chi connectivity index (χ3n) is 1.91. The van der Waals surface area contributed by atoms with E-state index >= 15 is 0 Å². The molecule has 0 bridgehead atoms. The SMILES string of the molecule is Nc1cc(I)c(F)cc1Oc1cccnc1. The molecule has 2 aromatic rings. The van der Waals surface area contributed by atoms with Crippen LogP contribution in [0, 0.1) is 9.39 Å². The molecule has 0 fully saturated rings. The number of anilines is 1. The lowest BCUT2D eigenvalue weighted by atomic mass is 10.3. The number of nitrogens with two attached hydrogens (primary N) is 1. The number of benzene rings is 1. The van der Waals surface area contributed by atoms with Gasteiger partial charge in [-0.2, -0.15) is 0 Å². The fourth-order valence-electron chi connectivity index (χ4n) is 1.17. The first kappa shape index (κ1) is 11.1. The van der Waals surface area contributed by atoms with Gasteiger partial charge in [0.15, 0.2) is 5.75 Å². The Labute approximate surface area is 106 Å². The lowest BCUT2D eigenvalue weighted by Crippen LogP contribution is -1.95. The number of aromatic nitrogens is 1. The maximum atomic E-state index is 13.3. The Morgan fingerprint density at radius 3 is 2.88 bits per heavy atom. The summed E-state index contributed by atoms with van der Waals surface area (Å²) in [5.41, 5.74) is 6.12. The monoisotopic (exact) mass is 330 g/mol. The fraction of sp³-hybridized carbons (Fsp3) is 0. The summed E-state index contributed by atoms with van der Waals surface area (Å²) in [5, 5.41) is 0. The third-order valence-corrected chi connectivity index (χ3v) is 2.74. The quantitative estimate of drug-likeness (QED) is 0.680. The van der Waals surface area contributed by atoms with Gasteiger partial charge in [-0.25, -0.2) is 4.39 Å². The minimum absolute atomic E-state index is 0.297. The molecule has 0 atom stereocenters. The van der Waals surface area contributed by atoms with Crippen molar-refractivity contribution in [1.82, 2.24) is 4.98 Å². The standard InChI is InChI=1S/C11H8FIN2O/c12-8-4-11(10(14)5-9(8)13)16-7-2-1-3-15-6-7/h1-6H,14H2. The molecular weight excluding hydrogens is 322 g/mol. The second-order valence-electron chi connectivity index (χ2n) is 3.09. The van der Waals surface area contributed by atoms with Crippen LogP contribution in [0.25, 0.3) is 0 Å². The van der Waals surface area contributed by atoms with Gasteiger partial charge in [0.2, 0.25) is 0 Å². The second kappa shape index (κ2) is 4.65. The molecule has 2 N–H and O–H groups in total. The van der Waals surface area contributed by atoms with Crippen molar-refractivity contribution in [3.63, 3.8) is 0 Å². The first-order chi connectivity index (χ1) is 7.66. The Balaban J connectivity index is 2.32. The third kappa shape index (κ3) is 2.41. The van der Waals surface area contributed by atoms with Crippen LogP contribution in [0.4, 0.5) is 10.1 Å². The Bertz CT molecular complexity index is 505. The summed E-state index contributed by atoms with van der Waals surface area (Å²) in [7, 11) is 0. The predicted octanol–water partition coefficient (Wildman–Crippen LogP) is 3.20. The van der Waals surface area contributed by atoms with Gasteiger partial charge in [0.05, 0.1) is 15.5 Å². The van der Waals surface area contributed by atoms with Gasteiger partial charge in [0.1, 0.15) is 11.6 Å². The number of ether oxygens (including phenoxy) is 1. The topological polar surface area (TPSA) is 48.1 Å². The Morgan fingerprint density at radius 2 is 2.19 bits per heavy atom. The van der Waals surface area contributed by atoms with Gasteiger partial charge in [-0.1, -0.05) is 0 Å².